The van der Waals surface area contributed by atoms with Gasteiger partial charge in [0.05, 0.1) is 10.3 Å². The summed E-state index contributed by atoms with van der Waals surface area (Å²) in [5.74, 6) is 0.564. The molecular formula is C31H28N2O3S. The number of aromatic nitrogens is 2. The van der Waals surface area contributed by atoms with Gasteiger partial charge in [-0.15, -0.1) is 0 Å². The second-order valence-corrected chi connectivity index (χ2v) is 12.2. The molecule has 0 saturated carbocycles. The number of benzene rings is 3. The van der Waals surface area contributed by atoms with Crippen LogP contribution in [0.4, 0.5) is 0 Å². The first-order chi connectivity index (χ1) is 17.7. The Bertz CT molecular complexity index is 1660. The van der Waals surface area contributed by atoms with Gasteiger partial charge in [0.25, 0.3) is 0 Å². The number of hydrogen-bond donors (Lipinski definition) is 0. The molecule has 0 aliphatic carbocycles. The molecule has 0 atom stereocenters. The minimum absolute atomic E-state index is 0.461. The van der Waals surface area contributed by atoms with Crippen molar-refractivity contribution in [2.45, 2.75) is 25.2 Å². The zero-order valence-corrected chi connectivity index (χ0v) is 21.9. The van der Waals surface area contributed by atoms with Gasteiger partial charge in [-0.3, -0.25) is 4.98 Å². The number of ether oxygens (including phenoxy) is 1. The van der Waals surface area contributed by atoms with E-state index < -0.39 is 14.6 Å². The molecule has 3 aromatic carbocycles. The number of rotatable bonds is 7. The molecular weight excluding hydrogens is 480 g/mol. The number of hydrogen-bond acceptors (Lipinski definition) is 5. The van der Waals surface area contributed by atoms with Gasteiger partial charge in [0, 0.05) is 41.2 Å². The van der Waals surface area contributed by atoms with Crippen LogP contribution in [0.25, 0.3) is 33.2 Å². The lowest BCUT2D eigenvalue weighted by molar-refractivity contribution is 0.294. The largest absolute Gasteiger partial charge is 0.473 e. The second-order valence-electron chi connectivity index (χ2n) is 9.62. The molecule has 0 aliphatic heterocycles. The Morgan fingerprint density at radius 2 is 1.57 bits per heavy atom. The smallest absolute Gasteiger partial charge is 0.213 e. The lowest BCUT2D eigenvalue weighted by Gasteiger charge is -2.24. The Morgan fingerprint density at radius 3 is 2.30 bits per heavy atom. The Morgan fingerprint density at radius 1 is 0.784 bits per heavy atom. The van der Waals surface area contributed by atoms with Crippen LogP contribution in [-0.2, 0) is 21.2 Å². The van der Waals surface area contributed by atoms with Gasteiger partial charge in [-0.25, -0.2) is 13.4 Å². The molecule has 2 aromatic heterocycles. The molecule has 37 heavy (non-hydrogen) atoms. The molecule has 0 bridgehead atoms. The summed E-state index contributed by atoms with van der Waals surface area (Å²) in [7, 11) is -3.34. The maximum atomic E-state index is 12.6. The van der Waals surface area contributed by atoms with E-state index in [0.29, 0.717) is 12.5 Å². The predicted octanol–water partition coefficient (Wildman–Crippen LogP) is 6.82. The van der Waals surface area contributed by atoms with Crippen molar-refractivity contribution in [2.24, 2.45) is 0 Å². The van der Waals surface area contributed by atoms with Crippen LogP contribution in [0.15, 0.2) is 103 Å². The zero-order valence-electron chi connectivity index (χ0n) is 21.0. The summed E-state index contributed by atoms with van der Waals surface area (Å²) >= 11 is 0. The van der Waals surface area contributed by atoms with E-state index in [0.717, 1.165) is 44.3 Å². The topological polar surface area (TPSA) is 69.2 Å². The van der Waals surface area contributed by atoms with Gasteiger partial charge in [-0.2, -0.15) is 0 Å². The maximum Gasteiger partial charge on any atom is 0.213 e. The Kier molecular flexibility index (Phi) is 6.52. The molecule has 0 amide bonds. The normalized spacial score (nSPS) is 12.0. The molecule has 0 fully saturated rings. The molecule has 6 heteroatoms. The van der Waals surface area contributed by atoms with Crippen molar-refractivity contribution in [2.75, 3.05) is 6.26 Å². The molecule has 0 aliphatic rings. The number of sulfone groups is 1. The van der Waals surface area contributed by atoms with Crippen LogP contribution in [0, 0.1) is 0 Å². The third-order valence-electron chi connectivity index (χ3n) is 6.80. The minimum Gasteiger partial charge on any atom is -0.473 e. The molecule has 5 aromatic rings. The number of pyridine rings is 2. The van der Waals surface area contributed by atoms with Crippen molar-refractivity contribution in [3.05, 3.63) is 115 Å². The van der Waals surface area contributed by atoms with Crippen LogP contribution < -0.4 is 4.74 Å². The van der Waals surface area contributed by atoms with E-state index in [4.69, 9.17) is 4.74 Å². The standard InChI is InChI=1S/C31H28N2O3S/c1-31(2,37(3,34)35)27-18-25-13-8-16-32-30(25)28(19-27)24-12-7-11-23(17-24)26-14-15-29(33-20-26)36-21-22-9-5-4-6-10-22/h4-20H,21H2,1-3H3. The highest BCUT2D eigenvalue weighted by Crippen LogP contribution is 2.37. The van der Waals surface area contributed by atoms with Crippen molar-refractivity contribution < 1.29 is 13.2 Å². The monoisotopic (exact) mass is 508 g/mol. The summed E-state index contributed by atoms with van der Waals surface area (Å²) in [5, 5.41) is 0.902. The van der Waals surface area contributed by atoms with E-state index >= 15 is 0 Å². The van der Waals surface area contributed by atoms with Gasteiger partial charge in [-0.1, -0.05) is 54.6 Å². The second kappa shape index (κ2) is 9.79. The highest BCUT2D eigenvalue weighted by molar-refractivity contribution is 7.91. The Balaban J connectivity index is 1.50. The van der Waals surface area contributed by atoms with Gasteiger partial charge in [0.2, 0.25) is 5.88 Å². The van der Waals surface area contributed by atoms with Crippen LogP contribution in [0.3, 0.4) is 0 Å². The highest BCUT2D eigenvalue weighted by Gasteiger charge is 2.33. The van der Waals surface area contributed by atoms with Gasteiger partial charge in [0.15, 0.2) is 9.84 Å². The quantitative estimate of drug-likeness (QED) is 0.241. The first-order valence-electron chi connectivity index (χ1n) is 12.0. The summed E-state index contributed by atoms with van der Waals surface area (Å²) < 4.78 is 30.0. The van der Waals surface area contributed by atoms with Crippen molar-refractivity contribution in [3.8, 4) is 28.1 Å². The molecule has 0 spiro atoms. The summed E-state index contributed by atoms with van der Waals surface area (Å²) in [4.78, 5) is 9.12. The first kappa shape index (κ1) is 24.7. The lowest BCUT2D eigenvalue weighted by atomic mass is 9.92. The van der Waals surface area contributed by atoms with E-state index in [1.165, 1.54) is 6.26 Å². The third kappa shape index (κ3) is 5.11. The highest BCUT2D eigenvalue weighted by atomic mass is 32.2. The van der Waals surface area contributed by atoms with Gasteiger partial charge in [-0.05, 0) is 66.4 Å². The molecule has 0 N–H and O–H groups in total. The van der Waals surface area contributed by atoms with E-state index in [1.54, 1.807) is 26.2 Å². The van der Waals surface area contributed by atoms with E-state index in [2.05, 4.69) is 16.0 Å². The van der Waals surface area contributed by atoms with Gasteiger partial charge < -0.3 is 4.74 Å². The third-order valence-corrected chi connectivity index (χ3v) is 8.89. The number of nitrogens with zero attached hydrogens (tertiary/aromatic N) is 2. The maximum absolute atomic E-state index is 12.6. The van der Waals surface area contributed by atoms with Gasteiger partial charge in [0.1, 0.15) is 6.61 Å². The molecule has 5 nitrogen and oxygen atoms in total. The summed E-state index contributed by atoms with van der Waals surface area (Å²) in [6.45, 7) is 3.95. The molecule has 5 rings (SSSR count). The molecule has 0 saturated heterocycles. The van der Waals surface area contributed by atoms with Crippen LogP contribution in [0.2, 0.25) is 0 Å². The molecule has 0 radical (unpaired) electrons. The Hall–Kier alpha value is -4.03. The Labute approximate surface area is 217 Å². The molecule has 186 valence electrons. The first-order valence-corrected chi connectivity index (χ1v) is 13.9. The van der Waals surface area contributed by atoms with Crippen LogP contribution in [0.5, 0.6) is 5.88 Å². The minimum atomic E-state index is -3.34. The molecule has 2 heterocycles. The average Bonchev–Trinajstić information content (AvgIpc) is 2.91. The summed E-state index contributed by atoms with van der Waals surface area (Å²) in [6.07, 6.45) is 4.84. The van der Waals surface area contributed by atoms with E-state index in [-0.39, 0.29) is 0 Å². The fourth-order valence-corrected chi connectivity index (χ4v) is 4.75. The van der Waals surface area contributed by atoms with Crippen LogP contribution >= 0.6 is 0 Å². The van der Waals surface area contributed by atoms with Gasteiger partial charge >= 0.3 is 0 Å². The average molecular weight is 509 g/mol. The lowest BCUT2D eigenvalue weighted by Crippen LogP contribution is -2.28. The zero-order chi connectivity index (χ0) is 26.0. The fraction of sp³-hybridized carbons (Fsp3) is 0.161. The SMILES string of the molecule is CC(C)(c1cc(-c2cccc(-c3ccc(OCc4ccccc4)nc3)c2)c2ncccc2c1)S(C)(=O)=O. The van der Waals surface area contributed by atoms with E-state index in [1.807, 2.05) is 84.9 Å². The van der Waals surface area contributed by atoms with Crippen molar-refractivity contribution in [3.63, 3.8) is 0 Å². The van der Waals surface area contributed by atoms with Crippen LogP contribution in [-0.4, -0.2) is 24.6 Å². The molecule has 0 unspecified atom stereocenters. The van der Waals surface area contributed by atoms with Crippen molar-refractivity contribution >= 4 is 20.7 Å². The number of fused-ring (bicyclic) bond motifs is 1. The van der Waals surface area contributed by atoms with Crippen molar-refractivity contribution in [1.82, 2.24) is 9.97 Å². The summed E-state index contributed by atoms with van der Waals surface area (Å²) in [5.41, 5.74) is 6.45. The fourth-order valence-electron chi connectivity index (χ4n) is 4.21. The summed E-state index contributed by atoms with van der Waals surface area (Å²) in [6, 6.07) is 29.7. The van der Waals surface area contributed by atoms with Crippen molar-refractivity contribution in [1.29, 1.82) is 0 Å². The predicted molar refractivity (Wildman–Crippen MR) is 149 cm³/mol. The van der Waals surface area contributed by atoms with Crippen LogP contribution in [0.1, 0.15) is 25.0 Å². The van der Waals surface area contributed by atoms with E-state index in [9.17, 15) is 8.42 Å².